The molecule has 0 aromatic heterocycles. The van der Waals surface area contributed by atoms with Gasteiger partial charge in [-0.25, -0.2) is 0 Å². The van der Waals surface area contributed by atoms with Gasteiger partial charge < -0.3 is 24.8 Å². The molecule has 2 N–H and O–H groups in total. The van der Waals surface area contributed by atoms with Crippen molar-refractivity contribution in [1.29, 1.82) is 0 Å². The average molecular weight is 425 g/mol. The van der Waals surface area contributed by atoms with E-state index in [9.17, 15) is 0 Å². The van der Waals surface area contributed by atoms with Crippen molar-refractivity contribution in [2.75, 3.05) is 47.1 Å². The Morgan fingerprint density at radius 3 is 2.58 bits per heavy atom. The van der Waals surface area contributed by atoms with E-state index in [0.717, 1.165) is 55.8 Å². The van der Waals surface area contributed by atoms with E-state index in [4.69, 9.17) is 14.2 Å². The zero-order chi connectivity index (χ0) is 21.5. The maximum Gasteiger partial charge on any atom is 0.231 e. The lowest BCUT2D eigenvalue weighted by molar-refractivity contribution is 0.174. The molecule has 2 aliphatic heterocycles. The van der Waals surface area contributed by atoms with Crippen LogP contribution in [0, 0.1) is 0 Å². The molecule has 0 amide bonds. The molecule has 2 aromatic carbocycles. The van der Waals surface area contributed by atoms with E-state index in [2.05, 4.69) is 38.7 Å². The van der Waals surface area contributed by atoms with Crippen LogP contribution in [-0.4, -0.2) is 58.0 Å². The number of nitrogens with one attached hydrogen (secondary N) is 2. The Kier molecular flexibility index (Phi) is 7.14. The van der Waals surface area contributed by atoms with Gasteiger partial charge in [0.05, 0.1) is 13.2 Å². The number of hydrogen-bond acceptors (Lipinski definition) is 5. The van der Waals surface area contributed by atoms with Crippen LogP contribution in [0.5, 0.6) is 17.2 Å². The molecule has 0 saturated carbocycles. The Morgan fingerprint density at radius 2 is 1.84 bits per heavy atom. The monoisotopic (exact) mass is 424 g/mol. The highest BCUT2D eigenvalue weighted by atomic mass is 16.7. The van der Waals surface area contributed by atoms with Gasteiger partial charge in [0.15, 0.2) is 17.5 Å². The van der Waals surface area contributed by atoms with Gasteiger partial charge in [-0.3, -0.25) is 9.89 Å². The fourth-order valence-corrected chi connectivity index (χ4v) is 4.17. The maximum atomic E-state index is 5.47. The lowest BCUT2D eigenvalue weighted by Gasteiger charge is -2.29. The fraction of sp³-hybridized carbons (Fsp3) is 0.458. The Bertz CT molecular complexity index is 879. The average Bonchev–Trinajstić information content (AvgIpc) is 3.50. The summed E-state index contributed by atoms with van der Waals surface area (Å²) in [5, 5.41) is 6.95. The van der Waals surface area contributed by atoms with Crippen molar-refractivity contribution in [2.24, 2.45) is 4.99 Å². The predicted molar refractivity (Wildman–Crippen MR) is 122 cm³/mol. The molecule has 4 rings (SSSR count). The second-order valence-electron chi connectivity index (χ2n) is 7.85. The minimum absolute atomic E-state index is 0.306. The first-order valence-electron chi connectivity index (χ1n) is 11.0. The highest BCUT2D eigenvalue weighted by molar-refractivity contribution is 5.79. The normalized spacial score (nSPS) is 16.9. The van der Waals surface area contributed by atoms with Crippen molar-refractivity contribution in [1.82, 2.24) is 15.5 Å². The Balaban J connectivity index is 1.31. The Hall–Kier alpha value is -2.93. The van der Waals surface area contributed by atoms with E-state index in [1.807, 2.05) is 31.3 Å². The first-order chi connectivity index (χ1) is 15.3. The number of methoxy groups -OCH3 is 1. The highest BCUT2D eigenvalue weighted by Gasteiger charge is 2.23. The van der Waals surface area contributed by atoms with Crippen LogP contribution in [0.3, 0.4) is 0 Å². The summed E-state index contributed by atoms with van der Waals surface area (Å²) in [5.74, 6) is 3.35. The summed E-state index contributed by atoms with van der Waals surface area (Å²) in [6.07, 6.45) is 3.40. The van der Waals surface area contributed by atoms with Gasteiger partial charge in [-0.05, 0) is 67.7 Å². The van der Waals surface area contributed by atoms with E-state index < -0.39 is 0 Å². The van der Waals surface area contributed by atoms with E-state index in [1.165, 1.54) is 24.0 Å². The minimum Gasteiger partial charge on any atom is -0.497 e. The second-order valence-corrected chi connectivity index (χ2v) is 7.85. The van der Waals surface area contributed by atoms with Gasteiger partial charge in [0.2, 0.25) is 6.79 Å². The smallest absolute Gasteiger partial charge is 0.231 e. The molecule has 7 heteroatoms. The van der Waals surface area contributed by atoms with Gasteiger partial charge in [0.25, 0.3) is 0 Å². The fourth-order valence-electron chi connectivity index (χ4n) is 4.17. The topological polar surface area (TPSA) is 67.4 Å². The SMILES string of the molecule is CN=C(NCCc1ccc2c(c1)OCO2)NCC(c1ccc(OC)cc1)N1CCCC1. The summed E-state index contributed by atoms with van der Waals surface area (Å²) < 4.78 is 16.2. The summed E-state index contributed by atoms with van der Waals surface area (Å²) in [6, 6.07) is 14.8. The van der Waals surface area contributed by atoms with E-state index in [-0.39, 0.29) is 0 Å². The number of hydrogen-bond donors (Lipinski definition) is 2. The lowest BCUT2D eigenvalue weighted by Crippen LogP contribution is -2.43. The van der Waals surface area contributed by atoms with Gasteiger partial charge in [-0.1, -0.05) is 18.2 Å². The van der Waals surface area contributed by atoms with Crippen LogP contribution < -0.4 is 24.8 Å². The van der Waals surface area contributed by atoms with Gasteiger partial charge in [-0.2, -0.15) is 0 Å². The molecular weight excluding hydrogens is 392 g/mol. The van der Waals surface area contributed by atoms with E-state index >= 15 is 0 Å². The van der Waals surface area contributed by atoms with Crippen LogP contribution in [0.4, 0.5) is 0 Å². The van der Waals surface area contributed by atoms with Gasteiger partial charge in [-0.15, -0.1) is 0 Å². The number of aliphatic imine (C=N–C) groups is 1. The molecule has 2 aromatic rings. The van der Waals surface area contributed by atoms with E-state index in [0.29, 0.717) is 12.8 Å². The molecule has 2 heterocycles. The number of benzene rings is 2. The molecule has 0 radical (unpaired) electrons. The lowest BCUT2D eigenvalue weighted by atomic mass is 10.1. The Morgan fingerprint density at radius 1 is 1.06 bits per heavy atom. The number of nitrogens with zero attached hydrogens (tertiary/aromatic N) is 2. The van der Waals surface area contributed by atoms with Crippen molar-refractivity contribution in [2.45, 2.75) is 25.3 Å². The maximum absolute atomic E-state index is 5.47. The number of ether oxygens (including phenoxy) is 3. The molecule has 0 aliphatic carbocycles. The molecule has 1 unspecified atom stereocenters. The zero-order valence-electron chi connectivity index (χ0n) is 18.4. The molecule has 1 saturated heterocycles. The van der Waals surface area contributed by atoms with Crippen molar-refractivity contribution < 1.29 is 14.2 Å². The molecular formula is C24H32N4O3. The van der Waals surface area contributed by atoms with Crippen LogP contribution in [0.15, 0.2) is 47.5 Å². The summed E-state index contributed by atoms with van der Waals surface area (Å²) >= 11 is 0. The molecule has 166 valence electrons. The molecule has 7 nitrogen and oxygen atoms in total. The standard InChI is InChI=1S/C24H32N4O3/c1-25-24(26-12-11-18-5-10-22-23(15-18)31-17-30-22)27-16-21(28-13-3-4-14-28)19-6-8-20(29-2)9-7-19/h5-10,15,21H,3-4,11-14,16-17H2,1-2H3,(H2,25,26,27). The molecule has 0 spiro atoms. The van der Waals surface area contributed by atoms with Crippen LogP contribution >= 0.6 is 0 Å². The zero-order valence-corrected chi connectivity index (χ0v) is 18.4. The molecule has 2 aliphatic rings. The molecule has 0 bridgehead atoms. The van der Waals surface area contributed by atoms with Crippen molar-refractivity contribution in [3.8, 4) is 17.2 Å². The highest BCUT2D eigenvalue weighted by Crippen LogP contribution is 2.32. The molecule has 1 atom stereocenters. The van der Waals surface area contributed by atoms with E-state index in [1.54, 1.807) is 7.11 Å². The number of likely N-dealkylation sites (tertiary alicyclic amines) is 1. The molecule has 1 fully saturated rings. The summed E-state index contributed by atoms with van der Waals surface area (Å²) in [4.78, 5) is 6.96. The summed E-state index contributed by atoms with van der Waals surface area (Å²) in [6.45, 7) is 4.16. The summed E-state index contributed by atoms with van der Waals surface area (Å²) in [7, 11) is 3.52. The minimum atomic E-state index is 0.306. The van der Waals surface area contributed by atoms with Crippen LogP contribution in [0.25, 0.3) is 0 Å². The Labute approximate surface area is 184 Å². The third-order valence-electron chi connectivity index (χ3n) is 5.91. The van der Waals surface area contributed by atoms with Crippen LogP contribution in [0.1, 0.15) is 30.0 Å². The van der Waals surface area contributed by atoms with Crippen LogP contribution in [0.2, 0.25) is 0 Å². The van der Waals surface area contributed by atoms with Crippen molar-refractivity contribution in [3.05, 3.63) is 53.6 Å². The first-order valence-corrected chi connectivity index (χ1v) is 11.0. The van der Waals surface area contributed by atoms with Gasteiger partial charge in [0, 0.05) is 20.1 Å². The van der Waals surface area contributed by atoms with Gasteiger partial charge >= 0.3 is 0 Å². The predicted octanol–water partition coefficient (Wildman–Crippen LogP) is 2.97. The third-order valence-corrected chi connectivity index (χ3v) is 5.91. The van der Waals surface area contributed by atoms with Gasteiger partial charge in [0.1, 0.15) is 5.75 Å². The number of guanidine groups is 1. The third kappa shape index (κ3) is 5.41. The molecule has 31 heavy (non-hydrogen) atoms. The first kappa shape index (κ1) is 21.3. The quantitative estimate of drug-likeness (QED) is 0.502. The second kappa shape index (κ2) is 10.4. The van der Waals surface area contributed by atoms with Crippen LogP contribution in [-0.2, 0) is 6.42 Å². The summed E-state index contributed by atoms with van der Waals surface area (Å²) in [5.41, 5.74) is 2.51. The number of fused-ring (bicyclic) bond motifs is 1. The van der Waals surface area contributed by atoms with Crippen molar-refractivity contribution >= 4 is 5.96 Å². The van der Waals surface area contributed by atoms with Crippen molar-refractivity contribution in [3.63, 3.8) is 0 Å². The number of rotatable bonds is 8. The largest absolute Gasteiger partial charge is 0.497 e.